The Morgan fingerprint density at radius 2 is 1.90 bits per heavy atom. The van der Waals surface area contributed by atoms with Gasteiger partial charge in [-0.15, -0.1) is 4.52 Å². The van der Waals surface area contributed by atoms with Crippen LogP contribution < -0.4 is 0 Å². The maximum atomic E-state index is 10.2. The molecule has 1 aliphatic carbocycles. The number of hydrogen-bond donors (Lipinski definition) is 0. The summed E-state index contributed by atoms with van der Waals surface area (Å²) in [5.74, 6) is 0. The van der Waals surface area contributed by atoms with E-state index in [0.29, 0.717) is 0 Å². The van der Waals surface area contributed by atoms with Crippen LogP contribution in [0.25, 0.3) is 0 Å². The maximum Gasteiger partial charge on any atom is 0.494 e. The molecule has 1 saturated carbocycles. The van der Waals surface area contributed by atoms with Gasteiger partial charge in [0.1, 0.15) is 5.60 Å². The van der Waals surface area contributed by atoms with Crippen LogP contribution in [0, 0.1) is 0 Å². The normalized spacial score (nSPS) is 24.9. The molecule has 1 rings (SSSR count). The summed E-state index contributed by atoms with van der Waals surface area (Å²) >= 11 is 0. The highest BCUT2D eigenvalue weighted by Gasteiger charge is 2.31. The first-order valence-corrected chi connectivity index (χ1v) is 4.64. The maximum absolute atomic E-state index is 10.2. The molecule has 0 aliphatic heterocycles. The van der Waals surface area contributed by atoms with Gasteiger partial charge in [0.15, 0.2) is 0 Å². The van der Waals surface area contributed by atoms with Gasteiger partial charge in [-0.3, -0.25) is 0 Å². The van der Waals surface area contributed by atoms with E-state index >= 15 is 0 Å². The summed E-state index contributed by atoms with van der Waals surface area (Å²) in [5.41, 5.74) is -0.0710. The molecule has 0 N–H and O–H groups in total. The highest BCUT2D eigenvalue weighted by molar-refractivity contribution is 7.17. The summed E-state index contributed by atoms with van der Waals surface area (Å²) in [6.45, 7) is 2.05. The molecule has 1 fully saturated rings. The number of rotatable bonds is 2. The fourth-order valence-corrected chi connectivity index (χ4v) is 1.91. The summed E-state index contributed by atoms with van der Waals surface area (Å²) < 4.78 is 15.4. The predicted molar refractivity (Wildman–Crippen MR) is 41.6 cm³/mol. The molecule has 3 heteroatoms. The van der Waals surface area contributed by atoms with Crippen LogP contribution in [0.3, 0.4) is 0 Å². The lowest BCUT2D eigenvalue weighted by Crippen LogP contribution is -2.27. The summed E-state index contributed by atoms with van der Waals surface area (Å²) in [5, 5.41) is 0. The lowest BCUT2D eigenvalue weighted by molar-refractivity contribution is 0.0627. The van der Waals surface area contributed by atoms with Gasteiger partial charge in [-0.05, 0) is 24.3 Å². The quantitative estimate of drug-likeness (QED) is 0.582. The molecule has 0 saturated heterocycles. The summed E-state index contributed by atoms with van der Waals surface area (Å²) in [4.78, 5) is 0. The van der Waals surface area contributed by atoms with Crippen LogP contribution in [0.15, 0.2) is 0 Å². The smallest absolute Gasteiger partial charge is 0.142 e. The lowest BCUT2D eigenvalue weighted by Gasteiger charge is -2.26. The molecular weight excluding hydrogens is 147 g/mol. The SMILES string of the molecule is CC1(O[PH+]=O)CCCCC1. The van der Waals surface area contributed by atoms with Gasteiger partial charge in [0, 0.05) is 0 Å². The fraction of sp³-hybridized carbons (Fsp3) is 1.00. The summed E-state index contributed by atoms with van der Waals surface area (Å²) in [6.07, 6.45) is 5.90. The molecule has 0 amide bonds. The lowest BCUT2D eigenvalue weighted by atomic mass is 9.87. The molecule has 1 aliphatic rings. The standard InChI is InChI=1S/C7H14O2P/c1-7(9-10-8)5-3-2-4-6-7/h10H,2-6H2,1H3/q+1. The highest BCUT2D eigenvalue weighted by Crippen LogP contribution is 2.33. The van der Waals surface area contributed by atoms with Crippen LogP contribution in [0.5, 0.6) is 0 Å². The minimum atomic E-state index is -0.590. The zero-order chi connectivity index (χ0) is 7.45. The van der Waals surface area contributed by atoms with Gasteiger partial charge >= 0.3 is 8.69 Å². The molecule has 0 bridgehead atoms. The van der Waals surface area contributed by atoms with Gasteiger partial charge < -0.3 is 0 Å². The van der Waals surface area contributed by atoms with E-state index in [1.54, 1.807) is 0 Å². The van der Waals surface area contributed by atoms with Crippen molar-refractivity contribution in [2.75, 3.05) is 0 Å². The molecule has 10 heavy (non-hydrogen) atoms. The largest absolute Gasteiger partial charge is 0.494 e. The monoisotopic (exact) mass is 161 g/mol. The van der Waals surface area contributed by atoms with E-state index in [2.05, 4.69) is 6.92 Å². The van der Waals surface area contributed by atoms with E-state index in [1.807, 2.05) is 0 Å². The first-order valence-electron chi connectivity index (χ1n) is 3.82. The first kappa shape index (κ1) is 8.16. The molecule has 1 unspecified atom stereocenters. The Kier molecular flexibility index (Phi) is 2.82. The van der Waals surface area contributed by atoms with Crippen molar-refractivity contribution in [1.82, 2.24) is 0 Å². The Morgan fingerprint density at radius 1 is 1.30 bits per heavy atom. The van der Waals surface area contributed by atoms with Crippen molar-refractivity contribution in [3.63, 3.8) is 0 Å². The van der Waals surface area contributed by atoms with Gasteiger partial charge in [-0.2, -0.15) is 0 Å². The van der Waals surface area contributed by atoms with Crippen molar-refractivity contribution in [1.29, 1.82) is 0 Å². The fourth-order valence-electron chi connectivity index (χ4n) is 1.50. The van der Waals surface area contributed by atoms with Gasteiger partial charge in [-0.25, -0.2) is 0 Å². The molecule has 1 atom stereocenters. The average molecular weight is 161 g/mol. The van der Waals surface area contributed by atoms with Crippen LogP contribution in [0.4, 0.5) is 0 Å². The van der Waals surface area contributed by atoms with Crippen LogP contribution in [-0.4, -0.2) is 5.60 Å². The molecule has 0 aromatic rings. The second-order valence-corrected chi connectivity index (χ2v) is 3.57. The van der Waals surface area contributed by atoms with Crippen LogP contribution in [0.1, 0.15) is 39.0 Å². The zero-order valence-corrected chi connectivity index (χ0v) is 7.35. The Morgan fingerprint density at radius 3 is 2.40 bits per heavy atom. The molecule has 0 heterocycles. The Labute approximate surface area is 63.2 Å². The minimum Gasteiger partial charge on any atom is -0.142 e. The second-order valence-electron chi connectivity index (χ2n) is 3.20. The molecular formula is C7H14O2P+. The Balaban J connectivity index is 2.39. The Bertz CT molecular complexity index is 119. The third kappa shape index (κ3) is 2.03. The Hall–Kier alpha value is 0.0600. The summed E-state index contributed by atoms with van der Waals surface area (Å²) in [7, 11) is -0.590. The van der Waals surface area contributed by atoms with Gasteiger partial charge in [0.05, 0.1) is 0 Å². The zero-order valence-electron chi connectivity index (χ0n) is 6.35. The molecule has 0 aromatic heterocycles. The van der Waals surface area contributed by atoms with Crippen molar-refractivity contribution in [2.45, 2.75) is 44.6 Å². The molecule has 0 radical (unpaired) electrons. The van der Waals surface area contributed by atoms with E-state index < -0.39 is 8.69 Å². The summed E-state index contributed by atoms with van der Waals surface area (Å²) in [6, 6.07) is 0. The van der Waals surface area contributed by atoms with Crippen molar-refractivity contribution >= 4 is 8.69 Å². The minimum absolute atomic E-state index is 0.0710. The van der Waals surface area contributed by atoms with Gasteiger partial charge in [0.2, 0.25) is 0 Å². The van der Waals surface area contributed by atoms with Crippen LogP contribution in [-0.2, 0) is 9.09 Å². The predicted octanol–water partition coefficient (Wildman–Crippen LogP) is 2.66. The first-order chi connectivity index (χ1) is 4.77. The van der Waals surface area contributed by atoms with E-state index in [4.69, 9.17) is 4.52 Å². The van der Waals surface area contributed by atoms with Gasteiger partial charge in [0.25, 0.3) is 0 Å². The van der Waals surface area contributed by atoms with Crippen LogP contribution >= 0.6 is 8.69 Å². The van der Waals surface area contributed by atoms with Crippen molar-refractivity contribution < 1.29 is 9.09 Å². The van der Waals surface area contributed by atoms with Crippen molar-refractivity contribution in [2.24, 2.45) is 0 Å². The molecule has 2 nitrogen and oxygen atoms in total. The third-order valence-corrected chi connectivity index (χ3v) is 2.78. The van der Waals surface area contributed by atoms with Gasteiger partial charge in [-0.1, -0.05) is 19.3 Å². The third-order valence-electron chi connectivity index (χ3n) is 2.20. The molecule has 0 spiro atoms. The van der Waals surface area contributed by atoms with E-state index in [9.17, 15) is 4.57 Å². The average Bonchev–Trinajstić information content (AvgIpc) is 1.89. The topological polar surface area (TPSA) is 26.3 Å². The van der Waals surface area contributed by atoms with Crippen LogP contribution in [0.2, 0.25) is 0 Å². The van der Waals surface area contributed by atoms with E-state index in [0.717, 1.165) is 12.8 Å². The van der Waals surface area contributed by atoms with E-state index in [1.165, 1.54) is 19.3 Å². The number of hydrogen-bond acceptors (Lipinski definition) is 2. The molecule has 0 aromatic carbocycles. The van der Waals surface area contributed by atoms with E-state index in [-0.39, 0.29) is 5.60 Å². The van der Waals surface area contributed by atoms with Crippen molar-refractivity contribution in [3.8, 4) is 0 Å². The highest BCUT2D eigenvalue weighted by atomic mass is 31.1. The molecule has 58 valence electrons. The van der Waals surface area contributed by atoms with Crippen molar-refractivity contribution in [3.05, 3.63) is 0 Å². The second kappa shape index (κ2) is 3.45.